The van der Waals surface area contributed by atoms with Crippen molar-refractivity contribution in [2.45, 2.75) is 44.8 Å². The first-order valence-electron chi connectivity index (χ1n) is 6.46. The van der Waals surface area contributed by atoms with Crippen LogP contribution in [0.1, 0.15) is 33.6 Å². The van der Waals surface area contributed by atoms with Crippen LogP contribution < -0.4 is 0 Å². The Morgan fingerprint density at radius 1 is 1.35 bits per heavy atom. The molecule has 1 fully saturated rings. The number of nitrogens with zero attached hydrogens (tertiary/aromatic N) is 1. The summed E-state index contributed by atoms with van der Waals surface area (Å²) >= 11 is 0. The van der Waals surface area contributed by atoms with Gasteiger partial charge in [0.15, 0.2) is 0 Å². The van der Waals surface area contributed by atoms with Crippen molar-refractivity contribution < 1.29 is 14.9 Å². The number of rotatable bonds is 5. The van der Waals surface area contributed by atoms with Gasteiger partial charge in [-0.05, 0) is 19.9 Å². The van der Waals surface area contributed by atoms with E-state index in [4.69, 9.17) is 4.74 Å². The van der Waals surface area contributed by atoms with Gasteiger partial charge >= 0.3 is 0 Å². The Kier molecular flexibility index (Phi) is 4.95. The second-order valence-corrected chi connectivity index (χ2v) is 6.02. The van der Waals surface area contributed by atoms with Crippen molar-refractivity contribution >= 4 is 0 Å². The lowest BCUT2D eigenvalue weighted by molar-refractivity contribution is -0.0890. The van der Waals surface area contributed by atoms with Crippen LogP contribution in [0.5, 0.6) is 0 Å². The van der Waals surface area contributed by atoms with Gasteiger partial charge in [-0.3, -0.25) is 0 Å². The van der Waals surface area contributed by atoms with E-state index in [2.05, 4.69) is 0 Å². The van der Waals surface area contributed by atoms with E-state index >= 15 is 0 Å². The molecule has 1 heterocycles. The highest BCUT2D eigenvalue weighted by Crippen LogP contribution is 2.23. The van der Waals surface area contributed by atoms with Gasteiger partial charge in [-0.2, -0.15) is 0 Å². The van der Waals surface area contributed by atoms with Gasteiger partial charge in [-0.1, -0.05) is 13.8 Å². The quantitative estimate of drug-likeness (QED) is 0.754. The minimum Gasteiger partial charge on any atom is -0.389 e. The van der Waals surface area contributed by atoms with Crippen LogP contribution in [0, 0.1) is 5.92 Å². The van der Waals surface area contributed by atoms with Crippen LogP contribution in [-0.4, -0.2) is 59.7 Å². The monoisotopic (exact) mass is 245 g/mol. The highest BCUT2D eigenvalue weighted by Gasteiger charge is 2.33. The van der Waals surface area contributed by atoms with E-state index in [0.29, 0.717) is 39.1 Å². The van der Waals surface area contributed by atoms with Gasteiger partial charge < -0.3 is 19.8 Å². The number of aliphatic hydroxyl groups is 2. The summed E-state index contributed by atoms with van der Waals surface area (Å²) in [4.78, 5) is 2.02. The molecule has 0 amide bonds. The third-order valence-electron chi connectivity index (χ3n) is 3.82. The van der Waals surface area contributed by atoms with E-state index in [0.717, 1.165) is 0 Å². The Morgan fingerprint density at radius 3 is 2.35 bits per heavy atom. The van der Waals surface area contributed by atoms with Crippen LogP contribution in [0.25, 0.3) is 0 Å². The summed E-state index contributed by atoms with van der Waals surface area (Å²) in [6, 6.07) is 0. The van der Waals surface area contributed by atoms with E-state index in [9.17, 15) is 10.2 Å². The molecule has 17 heavy (non-hydrogen) atoms. The Morgan fingerprint density at radius 2 is 1.88 bits per heavy atom. The molecule has 0 saturated carbocycles. The fourth-order valence-electron chi connectivity index (χ4n) is 2.20. The molecule has 1 rings (SSSR count). The van der Waals surface area contributed by atoms with E-state index in [1.807, 2.05) is 32.7 Å². The molecule has 0 radical (unpaired) electrons. The largest absolute Gasteiger partial charge is 0.389 e. The molecule has 0 aromatic heterocycles. The maximum atomic E-state index is 10.4. The molecule has 4 heteroatoms. The van der Waals surface area contributed by atoms with Gasteiger partial charge in [-0.25, -0.2) is 0 Å². The fraction of sp³-hybridized carbons (Fsp3) is 1.00. The van der Waals surface area contributed by atoms with Gasteiger partial charge in [0.05, 0.1) is 11.2 Å². The molecule has 1 aliphatic rings. The maximum Gasteiger partial charge on any atom is 0.0817 e. The van der Waals surface area contributed by atoms with Crippen LogP contribution in [0.2, 0.25) is 0 Å². The van der Waals surface area contributed by atoms with Crippen LogP contribution in [-0.2, 0) is 4.74 Å². The molecule has 1 saturated heterocycles. The van der Waals surface area contributed by atoms with Crippen LogP contribution in [0.15, 0.2) is 0 Å². The molecule has 1 aliphatic heterocycles. The zero-order valence-corrected chi connectivity index (χ0v) is 11.6. The summed E-state index contributed by atoms with van der Waals surface area (Å²) in [6.07, 6.45) is 1.36. The molecule has 0 aromatic carbocycles. The van der Waals surface area contributed by atoms with E-state index < -0.39 is 11.2 Å². The van der Waals surface area contributed by atoms with Crippen molar-refractivity contribution in [2.24, 2.45) is 5.92 Å². The third kappa shape index (κ3) is 4.54. The third-order valence-corrected chi connectivity index (χ3v) is 3.82. The van der Waals surface area contributed by atoms with Crippen molar-refractivity contribution in [1.82, 2.24) is 4.90 Å². The maximum absolute atomic E-state index is 10.4. The number of ether oxygens (including phenoxy) is 1. The predicted molar refractivity (Wildman–Crippen MR) is 68.0 cm³/mol. The molecule has 0 aromatic rings. The molecule has 1 unspecified atom stereocenters. The van der Waals surface area contributed by atoms with Crippen molar-refractivity contribution in [3.8, 4) is 0 Å². The van der Waals surface area contributed by atoms with Crippen molar-refractivity contribution in [3.63, 3.8) is 0 Å². The average molecular weight is 245 g/mol. The summed E-state index contributed by atoms with van der Waals surface area (Å²) in [6.45, 7) is 8.30. The lowest BCUT2D eigenvalue weighted by Gasteiger charge is -2.38. The average Bonchev–Trinajstić information content (AvgIpc) is 2.16. The van der Waals surface area contributed by atoms with Gasteiger partial charge in [0, 0.05) is 39.1 Å². The first-order chi connectivity index (χ1) is 7.75. The van der Waals surface area contributed by atoms with Crippen LogP contribution in [0.4, 0.5) is 0 Å². The first-order valence-corrected chi connectivity index (χ1v) is 6.46. The predicted octanol–water partition coefficient (Wildman–Crippen LogP) is 0.867. The molecular weight excluding hydrogens is 218 g/mol. The van der Waals surface area contributed by atoms with Crippen molar-refractivity contribution in [3.05, 3.63) is 0 Å². The Labute approximate surface area is 105 Å². The molecule has 2 N–H and O–H groups in total. The summed E-state index contributed by atoms with van der Waals surface area (Å²) in [5.41, 5.74) is -1.36. The van der Waals surface area contributed by atoms with Gasteiger partial charge in [-0.15, -0.1) is 0 Å². The Bertz CT molecular complexity index is 235. The van der Waals surface area contributed by atoms with Gasteiger partial charge in [0.25, 0.3) is 0 Å². The normalized spacial score (nSPS) is 24.0. The molecular formula is C13H27NO3. The Hall–Kier alpha value is -0.160. The second kappa shape index (κ2) is 5.65. The molecule has 4 nitrogen and oxygen atoms in total. The topological polar surface area (TPSA) is 52.9 Å². The summed E-state index contributed by atoms with van der Waals surface area (Å²) in [5.74, 6) is 0.203. The fourth-order valence-corrected chi connectivity index (χ4v) is 2.20. The summed E-state index contributed by atoms with van der Waals surface area (Å²) in [5, 5.41) is 20.6. The first kappa shape index (κ1) is 14.9. The van der Waals surface area contributed by atoms with E-state index in [1.165, 1.54) is 0 Å². The summed E-state index contributed by atoms with van der Waals surface area (Å²) in [7, 11) is 1.95. The number of likely N-dealkylation sites (N-methyl/N-ethyl adjacent to an activating group) is 1. The molecule has 0 spiro atoms. The minimum absolute atomic E-state index is 0.203. The summed E-state index contributed by atoms with van der Waals surface area (Å²) < 4.78 is 5.26. The van der Waals surface area contributed by atoms with E-state index in [1.54, 1.807) is 0 Å². The van der Waals surface area contributed by atoms with Gasteiger partial charge in [0.2, 0.25) is 0 Å². The SMILES string of the molecule is CC(C)C(C)(O)CN(C)CC1(O)CCOCC1. The van der Waals surface area contributed by atoms with Crippen molar-refractivity contribution in [2.75, 3.05) is 33.4 Å². The zero-order valence-electron chi connectivity index (χ0n) is 11.6. The van der Waals surface area contributed by atoms with Crippen molar-refractivity contribution in [1.29, 1.82) is 0 Å². The molecule has 102 valence electrons. The lowest BCUT2D eigenvalue weighted by Crippen LogP contribution is -2.50. The van der Waals surface area contributed by atoms with Crippen LogP contribution >= 0.6 is 0 Å². The molecule has 0 aliphatic carbocycles. The molecule has 0 bridgehead atoms. The van der Waals surface area contributed by atoms with Crippen LogP contribution in [0.3, 0.4) is 0 Å². The second-order valence-electron chi connectivity index (χ2n) is 6.02. The Balaban J connectivity index is 2.45. The van der Waals surface area contributed by atoms with Gasteiger partial charge in [0.1, 0.15) is 0 Å². The highest BCUT2D eigenvalue weighted by molar-refractivity contribution is 4.87. The highest BCUT2D eigenvalue weighted by atomic mass is 16.5. The minimum atomic E-state index is -0.712. The molecule has 1 atom stereocenters. The standard InChI is InChI=1S/C13H27NO3/c1-11(2)12(3,15)9-14(4)10-13(16)5-7-17-8-6-13/h11,15-16H,5-10H2,1-4H3. The lowest BCUT2D eigenvalue weighted by atomic mass is 9.90. The smallest absolute Gasteiger partial charge is 0.0817 e. The zero-order chi connectivity index (χ0) is 13.1. The van der Waals surface area contributed by atoms with E-state index in [-0.39, 0.29) is 5.92 Å². The number of hydrogen-bond donors (Lipinski definition) is 2. The number of hydrogen-bond acceptors (Lipinski definition) is 4.